The van der Waals surface area contributed by atoms with E-state index in [1.165, 1.54) is 4.90 Å². The lowest BCUT2D eigenvalue weighted by molar-refractivity contribution is -0.146. The van der Waals surface area contributed by atoms with Crippen LogP contribution in [0.1, 0.15) is 18.4 Å². The minimum absolute atomic E-state index is 0.0435. The molecule has 0 aromatic carbocycles. The molecule has 0 atom stereocenters. The number of aromatic nitrogens is 2. The largest absolute Gasteiger partial charge is 0.401 e. The first-order valence-corrected chi connectivity index (χ1v) is 5.19. The average molecular weight is 248 g/mol. The highest BCUT2D eigenvalue weighted by molar-refractivity contribution is 5.29. The topological polar surface area (TPSA) is 55.0 Å². The maximum atomic E-state index is 12.2. The van der Waals surface area contributed by atoms with Crippen LogP contribution in [0.3, 0.4) is 0 Å². The van der Waals surface area contributed by atoms with Gasteiger partial charge in [0.25, 0.3) is 0 Å². The molecule has 7 heteroatoms. The number of hydrogen-bond acceptors (Lipinski definition) is 4. The number of nitrogens with zero attached hydrogens (tertiary/aromatic N) is 3. The van der Waals surface area contributed by atoms with Gasteiger partial charge in [-0.1, -0.05) is 6.92 Å². The fraction of sp³-hybridized carbons (Fsp3) is 0.600. The highest BCUT2D eigenvalue weighted by atomic mass is 19.4. The van der Waals surface area contributed by atoms with E-state index >= 15 is 0 Å². The number of nitrogens with two attached hydrogens (primary N) is 1. The number of aryl methyl sites for hydroxylation is 1. The Bertz CT molecular complexity index is 358. The smallest absolute Gasteiger partial charge is 0.384 e. The molecular formula is C10H15F3N4. The van der Waals surface area contributed by atoms with Crippen molar-refractivity contribution in [1.29, 1.82) is 0 Å². The van der Waals surface area contributed by atoms with Crippen LogP contribution in [-0.2, 0) is 6.54 Å². The molecule has 0 bridgehead atoms. The van der Waals surface area contributed by atoms with E-state index in [9.17, 15) is 13.2 Å². The van der Waals surface area contributed by atoms with Crippen LogP contribution in [0.2, 0.25) is 0 Å². The van der Waals surface area contributed by atoms with E-state index in [1.54, 1.807) is 19.9 Å². The third kappa shape index (κ3) is 4.99. The van der Waals surface area contributed by atoms with Gasteiger partial charge in [-0.05, 0) is 13.5 Å². The summed E-state index contributed by atoms with van der Waals surface area (Å²) in [5.41, 5.74) is 6.16. The average Bonchev–Trinajstić information content (AvgIpc) is 2.12. The summed E-state index contributed by atoms with van der Waals surface area (Å²) in [5.74, 6) is 0.587. The van der Waals surface area contributed by atoms with Gasteiger partial charge >= 0.3 is 6.18 Å². The summed E-state index contributed by atoms with van der Waals surface area (Å²) in [6.07, 6.45) is -4.22. The summed E-state index contributed by atoms with van der Waals surface area (Å²) >= 11 is 0. The summed E-state index contributed by atoms with van der Waals surface area (Å²) in [6.45, 7) is 2.73. The minimum atomic E-state index is -4.22. The first-order chi connectivity index (χ1) is 7.80. The van der Waals surface area contributed by atoms with Crippen LogP contribution in [-0.4, -0.2) is 34.1 Å². The second kappa shape index (κ2) is 5.31. The predicted octanol–water partition coefficient (Wildman–Crippen LogP) is 1.75. The molecule has 0 saturated carbocycles. The Morgan fingerprint density at radius 3 is 2.47 bits per heavy atom. The summed E-state index contributed by atoms with van der Waals surface area (Å²) < 4.78 is 36.7. The standard InChI is InChI=1S/C10H15F3N4/c1-3-17(6-10(11,12)13)5-9-15-7(2)4-8(14)16-9/h4H,3,5-6H2,1-2H3,(H2,14,15,16). The number of rotatable bonds is 4. The van der Waals surface area contributed by atoms with Gasteiger partial charge in [-0.25, -0.2) is 9.97 Å². The van der Waals surface area contributed by atoms with Gasteiger partial charge in [0.15, 0.2) is 0 Å². The van der Waals surface area contributed by atoms with Crippen LogP contribution < -0.4 is 5.73 Å². The highest BCUT2D eigenvalue weighted by Crippen LogP contribution is 2.17. The van der Waals surface area contributed by atoms with Crippen LogP contribution in [0.25, 0.3) is 0 Å². The van der Waals surface area contributed by atoms with Crippen molar-refractivity contribution in [3.8, 4) is 0 Å². The van der Waals surface area contributed by atoms with Crippen molar-refractivity contribution in [2.45, 2.75) is 26.6 Å². The van der Waals surface area contributed by atoms with Crippen molar-refractivity contribution < 1.29 is 13.2 Å². The molecule has 4 nitrogen and oxygen atoms in total. The van der Waals surface area contributed by atoms with E-state index in [2.05, 4.69) is 9.97 Å². The first-order valence-electron chi connectivity index (χ1n) is 5.19. The van der Waals surface area contributed by atoms with E-state index in [0.717, 1.165) is 0 Å². The Morgan fingerprint density at radius 2 is 2.00 bits per heavy atom. The molecule has 0 aliphatic carbocycles. The monoisotopic (exact) mass is 248 g/mol. The molecule has 0 amide bonds. The maximum Gasteiger partial charge on any atom is 0.401 e. The van der Waals surface area contributed by atoms with Gasteiger partial charge < -0.3 is 5.73 Å². The third-order valence-corrected chi connectivity index (χ3v) is 2.14. The van der Waals surface area contributed by atoms with Crippen LogP contribution in [0.4, 0.5) is 19.0 Å². The van der Waals surface area contributed by atoms with Crippen molar-refractivity contribution in [1.82, 2.24) is 14.9 Å². The lowest BCUT2D eigenvalue weighted by Crippen LogP contribution is -2.34. The van der Waals surface area contributed by atoms with Crippen molar-refractivity contribution in [2.75, 3.05) is 18.8 Å². The molecule has 1 heterocycles. The molecule has 96 valence electrons. The van der Waals surface area contributed by atoms with E-state index in [1.807, 2.05) is 0 Å². The molecule has 2 N–H and O–H groups in total. The lowest BCUT2D eigenvalue weighted by atomic mass is 10.4. The van der Waals surface area contributed by atoms with Crippen molar-refractivity contribution in [3.05, 3.63) is 17.6 Å². The lowest BCUT2D eigenvalue weighted by Gasteiger charge is -2.21. The van der Waals surface area contributed by atoms with Crippen molar-refractivity contribution in [2.24, 2.45) is 0 Å². The van der Waals surface area contributed by atoms with Crippen LogP contribution in [0, 0.1) is 6.92 Å². The number of anilines is 1. The van der Waals surface area contributed by atoms with Crippen LogP contribution >= 0.6 is 0 Å². The minimum Gasteiger partial charge on any atom is -0.384 e. The zero-order chi connectivity index (χ0) is 13.1. The summed E-state index contributed by atoms with van der Waals surface area (Å²) in [5, 5.41) is 0. The quantitative estimate of drug-likeness (QED) is 0.882. The Hall–Kier alpha value is -1.37. The van der Waals surface area contributed by atoms with Gasteiger partial charge in [0.1, 0.15) is 11.6 Å². The summed E-state index contributed by atoms with van der Waals surface area (Å²) in [4.78, 5) is 9.18. The number of alkyl halides is 3. The molecule has 0 aliphatic heterocycles. The van der Waals surface area contributed by atoms with Crippen molar-refractivity contribution in [3.63, 3.8) is 0 Å². The van der Waals surface area contributed by atoms with E-state index in [0.29, 0.717) is 11.5 Å². The molecule has 0 saturated heterocycles. The summed E-state index contributed by atoms with van der Waals surface area (Å²) in [7, 11) is 0. The first kappa shape index (κ1) is 13.7. The van der Waals surface area contributed by atoms with Gasteiger partial charge in [0.05, 0.1) is 13.1 Å². The zero-order valence-corrected chi connectivity index (χ0v) is 9.75. The SMILES string of the molecule is CCN(Cc1nc(C)cc(N)n1)CC(F)(F)F. The molecule has 1 aromatic rings. The molecule has 1 rings (SSSR count). The van der Waals surface area contributed by atoms with Gasteiger partial charge in [0, 0.05) is 11.8 Å². The Kier molecular flexibility index (Phi) is 4.28. The van der Waals surface area contributed by atoms with Crippen molar-refractivity contribution >= 4 is 5.82 Å². The van der Waals surface area contributed by atoms with Gasteiger partial charge in [0.2, 0.25) is 0 Å². The fourth-order valence-corrected chi connectivity index (χ4v) is 1.46. The Balaban J connectivity index is 2.73. The van der Waals surface area contributed by atoms with Gasteiger partial charge in [-0.15, -0.1) is 0 Å². The molecular weight excluding hydrogens is 233 g/mol. The fourth-order valence-electron chi connectivity index (χ4n) is 1.46. The summed E-state index contributed by atoms with van der Waals surface area (Å²) in [6, 6.07) is 1.57. The second-order valence-corrected chi connectivity index (χ2v) is 3.77. The molecule has 0 spiro atoms. The van der Waals surface area contributed by atoms with Crippen LogP contribution in [0.15, 0.2) is 6.07 Å². The third-order valence-electron chi connectivity index (χ3n) is 2.14. The number of nitrogen functional groups attached to an aromatic ring is 1. The normalized spacial score (nSPS) is 12.1. The van der Waals surface area contributed by atoms with Crippen LogP contribution in [0.5, 0.6) is 0 Å². The van der Waals surface area contributed by atoms with E-state index in [4.69, 9.17) is 5.73 Å². The van der Waals surface area contributed by atoms with E-state index < -0.39 is 12.7 Å². The van der Waals surface area contributed by atoms with Gasteiger partial charge in [-0.2, -0.15) is 13.2 Å². The molecule has 1 aromatic heterocycles. The molecule has 0 aliphatic rings. The Morgan fingerprint density at radius 1 is 1.35 bits per heavy atom. The Labute approximate surface area is 97.7 Å². The molecule has 0 unspecified atom stereocenters. The van der Waals surface area contributed by atoms with Gasteiger partial charge in [-0.3, -0.25) is 4.90 Å². The second-order valence-electron chi connectivity index (χ2n) is 3.77. The molecule has 0 radical (unpaired) electrons. The molecule has 17 heavy (non-hydrogen) atoms. The number of halogens is 3. The number of hydrogen-bond donors (Lipinski definition) is 1. The molecule has 0 fully saturated rings. The predicted molar refractivity (Wildman–Crippen MR) is 58.2 cm³/mol. The van der Waals surface area contributed by atoms with E-state index in [-0.39, 0.29) is 18.9 Å². The maximum absolute atomic E-state index is 12.2. The zero-order valence-electron chi connectivity index (χ0n) is 9.75. The highest BCUT2D eigenvalue weighted by Gasteiger charge is 2.30.